The third-order valence-corrected chi connectivity index (χ3v) is 2.14. The largest absolute Gasteiger partial charge is 0.381 e. The van der Waals surface area contributed by atoms with Gasteiger partial charge in [-0.2, -0.15) is 0 Å². The van der Waals surface area contributed by atoms with E-state index in [2.05, 4.69) is 11.8 Å². The average molecular weight is 168 g/mol. The quantitative estimate of drug-likeness (QED) is 0.547. The second-order valence-corrected chi connectivity index (χ2v) is 3.00. The third kappa shape index (κ3) is 6.24. The van der Waals surface area contributed by atoms with E-state index in [1.807, 2.05) is 21.0 Å². The van der Waals surface area contributed by atoms with E-state index in [1.54, 1.807) is 0 Å². The molecule has 0 radical (unpaired) electrons. The van der Waals surface area contributed by atoms with Gasteiger partial charge in [-0.05, 0) is 26.7 Å². The van der Waals surface area contributed by atoms with Gasteiger partial charge < -0.3 is 4.74 Å². The van der Waals surface area contributed by atoms with Crippen molar-refractivity contribution in [2.45, 2.75) is 52.1 Å². The molecule has 1 aliphatic rings. The van der Waals surface area contributed by atoms with Crippen LogP contribution in [0.1, 0.15) is 46.0 Å². The molecule has 0 aromatic rings. The van der Waals surface area contributed by atoms with Gasteiger partial charge in [0.05, 0.1) is 6.10 Å². The van der Waals surface area contributed by atoms with Crippen LogP contribution in [-0.2, 0) is 4.74 Å². The van der Waals surface area contributed by atoms with Gasteiger partial charge in [0.15, 0.2) is 0 Å². The molecular weight excluding hydrogens is 148 g/mol. The predicted molar refractivity (Wildman–Crippen MR) is 53.0 cm³/mol. The topological polar surface area (TPSA) is 9.23 Å². The Kier molecular flexibility index (Phi) is 8.27. The van der Waals surface area contributed by atoms with Crippen molar-refractivity contribution in [3.8, 4) is 11.8 Å². The maximum atomic E-state index is 5.19. The van der Waals surface area contributed by atoms with Crippen LogP contribution < -0.4 is 0 Å². The highest BCUT2D eigenvalue weighted by Crippen LogP contribution is 2.18. The van der Waals surface area contributed by atoms with Crippen LogP contribution in [-0.4, -0.2) is 13.2 Å². The van der Waals surface area contributed by atoms with Crippen molar-refractivity contribution in [2.24, 2.45) is 0 Å². The lowest BCUT2D eigenvalue weighted by Gasteiger charge is -2.19. The van der Waals surface area contributed by atoms with Crippen LogP contribution in [0, 0.1) is 11.8 Å². The molecule has 0 spiro atoms. The zero-order valence-electron chi connectivity index (χ0n) is 8.52. The van der Waals surface area contributed by atoms with Crippen LogP contribution in [0.5, 0.6) is 0 Å². The summed E-state index contributed by atoms with van der Waals surface area (Å²) in [5.41, 5.74) is 0. The van der Waals surface area contributed by atoms with Gasteiger partial charge >= 0.3 is 0 Å². The molecule has 0 bridgehead atoms. The summed E-state index contributed by atoms with van der Waals surface area (Å²) in [6, 6.07) is 0. The molecule has 1 aliphatic carbocycles. The van der Waals surface area contributed by atoms with Gasteiger partial charge in [0, 0.05) is 7.11 Å². The number of hydrogen-bond donors (Lipinski definition) is 0. The van der Waals surface area contributed by atoms with Crippen molar-refractivity contribution in [3.05, 3.63) is 0 Å². The van der Waals surface area contributed by atoms with E-state index < -0.39 is 0 Å². The summed E-state index contributed by atoms with van der Waals surface area (Å²) >= 11 is 0. The maximum Gasteiger partial charge on any atom is 0.0571 e. The summed E-state index contributed by atoms with van der Waals surface area (Å²) in [6.07, 6.45) is 7.33. The van der Waals surface area contributed by atoms with Crippen molar-refractivity contribution in [1.82, 2.24) is 0 Å². The Morgan fingerprint density at radius 3 is 1.75 bits per heavy atom. The van der Waals surface area contributed by atoms with E-state index in [9.17, 15) is 0 Å². The first-order valence-corrected chi connectivity index (χ1v) is 4.71. The highest BCUT2D eigenvalue weighted by atomic mass is 16.5. The van der Waals surface area contributed by atoms with Crippen LogP contribution in [0.3, 0.4) is 0 Å². The average Bonchev–Trinajstić information content (AvgIpc) is 2.19. The molecule has 0 saturated heterocycles. The molecule has 0 amide bonds. The highest BCUT2D eigenvalue weighted by molar-refractivity contribution is 4.89. The fourth-order valence-electron chi connectivity index (χ4n) is 1.30. The van der Waals surface area contributed by atoms with Gasteiger partial charge in [-0.3, -0.25) is 0 Å². The summed E-state index contributed by atoms with van der Waals surface area (Å²) in [7, 11) is 1.82. The lowest BCUT2D eigenvalue weighted by atomic mass is 9.98. The van der Waals surface area contributed by atoms with Crippen LogP contribution in [0.15, 0.2) is 0 Å². The van der Waals surface area contributed by atoms with Gasteiger partial charge in [-0.1, -0.05) is 19.3 Å². The third-order valence-electron chi connectivity index (χ3n) is 2.14. The Morgan fingerprint density at radius 2 is 1.50 bits per heavy atom. The molecule has 0 N–H and O–H groups in total. The van der Waals surface area contributed by atoms with E-state index in [4.69, 9.17) is 4.74 Å². The number of rotatable bonds is 1. The Morgan fingerprint density at radius 1 is 1.00 bits per heavy atom. The predicted octanol–water partition coefficient (Wildman–Crippen LogP) is 3.00. The van der Waals surface area contributed by atoms with E-state index in [0.29, 0.717) is 6.10 Å². The Hall–Kier alpha value is -0.480. The van der Waals surface area contributed by atoms with Crippen LogP contribution >= 0.6 is 0 Å². The van der Waals surface area contributed by atoms with Gasteiger partial charge in [0.25, 0.3) is 0 Å². The number of methoxy groups -OCH3 is 1. The minimum atomic E-state index is 0.587. The van der Waals surface area contributed by atoms with Crippen molar-refractivity contribution < 1.29 is 4.74 Å². The molecule has 12 heavy (non-hydrogen) atoms. The number of hydrogen-bond acceptors (Lipinski definition) is 1. The fourth-order valence-corrected chi connectivity index (χ4v) is 1.30. The Labute approximate surface area is 76.5 Å². The van der Waals surface area contributed by atoms with E-state index in [0.717, 1.165) is 0 Å². The van der Waals surface area contributed by atoms with Gasteiger partial charge in [0.2, 0.25) is 0 Å². The lowest BCUT2D eigenvalue weighted by molar-refractivity contribution is 0.0710. The molecule has 70 valence electrons. The Bertz CT molecular complexity index is 129. The zero-order valence-corrected chi connectivity index (χ0v) is 8.52. The molecule has 0 aliphatic heterocycles. The van der Waals surface area contributed by atoms with Crippen molar-refractivity contribution in [3.63, 3.8) is 0 Å². The van der Waals surface area contributed by atoms with Crippen molar-refractivity contribution in [1.29, 1.82) is 0 Å². The second kappa shape index (κ2) is 8.62. The summed E-state index contributed by atoms with van der Waals surface area (Å²) < 4.78 is 5.19. The van der Waals surface area contributed by atoms with Crippen LogP contribution in [0.2, 0.25) is 0 Å². The van der Waals surface area contributed by atoms with Gasteiger partial charge in [0.1, 0.15) is 0 Å². The SMILES string of the molecule is CC#CC.COC1CCCCC1. The van der Waals surface area contributed by atoms with E-state index in [-0.39, 0.29) is 0 Å². The van der Waals surface area contributed by atoms with Crippen LogP contribution in [0.25, 0.3) is 0 Å². The van der Waals surface area contributed by atoms with Gasteiger partial charge in [-0.15, -0.1) is 11.8 Å². The van der Waals surface area contributed by atoms with E-state index >= 15 is 0 Å². The standard InChI is InChI=1S/C7H14O.C4H6/c1-8-7-5-3-2-4-6-7;1-3-4-2/h7H,2-6H2,1H3;1-2H3. The molecule has 0 atom stereocenters. The summed E-state index contributed by atoms with van der Waals surface area (Å²) in [5.74, 6) is 5.36. The second-order valence-electron chi connectivity index (χ2n) is 3.00. The summed E-state index contributed by atoms with van der Waals surface area (Å²) in [5, 5.41) is 0. The molecule has 1 fully saturated rings. The fraction of sp³-hybridized carbons (Fsp3) is 0.818. The Balaban J connectivity index is 0.000000261. The molecule has 0 heterocycles. The number of ether oxygens (including phenoxy) is 1. The molecule has 1 rings (SSSR count). The summed E-state index contributed by atoms with van der Waals surface area (Å²) in [6.45, 7) is 3.64. The van der Waals surface area contributed by atoms with Gasteiger partial charge in [-0.25, -0.2) is 0 Å². The first-order chi connectivity index (χ1) is 5.85. The minimum absolute atomic E-state index is 0.587. The molecule has 1 nitrogen and oxygen atoms in total. The van der Waals surface area contributed by atoms with Crippen LogP contribution in [0.4, 0.5) is 0 Å². The van der Waals surface area contributed by atoms with Crippen molar-refractivity contribution >= 4 is 0 Å². The molecule has 1 saturated carbocycles. The molecular formula is C11H20O. The monoisotopic (exact) mass is 168 g/mol. The summed E-state index contributed by atoms with van der Waals surface area (Å²) in [4.78, 5) is 0. The molecule has 1 heteroatoms. The normalized spacial score (nSPS) is 16.9. The van der Waals surface area contributed by atoms with Crippen molar-refractivity contribution in [2.75, 3.05) is 7.11 Å². The zero-order chi connectivity index (χ0) is 9.23. The smallest absolute Gasteiger partial charge is 0.0571 e. The molecule has 0 aromatic heterocycles. The first kappa shape index (κ1) is 11.5. The highest BCUT2D eigenvalue weighted by Gasteiger charge is 2.10. The minimum Gasteiger partial charge on any atom is -0.381 e. The first-order valence-electron chi connectivity index (χ1n) is 4.71. The van der Waals surface area contributed by atoms with E-state index in [1.165, 1.54) is 32.1 Å². The lowest BCUT2D eigenvalue weighted by Crippen LogP contribution is -2.13. The molecule has 0 unspecified atom stereocenters. The maximum absolute atomic E-state index is 5.19. The molecule has 0 aromatic carbocycles.